The number of aromatic nitrogens is 18. The van der Waals surface area contributed by atoms with Gasteiger partial charge in [-0.05, 0) is 36.3 Å². The average Bonchev–Trinajstić information content (AvgIpc) is 1.61. The number of nitrogen functional groups attached to an aromatic ring is 2. The molecule has 6 aliphatic heterocycles. The normalized spacial score (nSPS) is 31.4. The summed E-state index contributed by atoms with van der Waals surface area (Å²) in [5.41, 5.74) is 16.7. The zero-order valence-corrected chi connectivity index (χ0v) is 77.3. The van der Waals surface area contributed by atoms with E-state index >= 15 is 8.78 Å². The fourth-order valence-corrected chi connectivity index (χ4v) is 20.4. The number of nitrogens with two attached hydrogens (primary N) is 2. The number of imidazole rings is 2. The number of anilines is 4. The second kappa shape index (κ2) is 37.8. The van der Waals surface area contributed by atoms with Gasteiger partial charge in [0, 0.05) is 11.8 Å². The van der Waals surface area contributed by atoms with Crippen molar-refractivity contribution in [1.29, 1.82) is 0 Å². The van der Waals surface area contributed by atoms with Crippen molar-refractivity contribution in [1.82, 2.24) is 101 Å². The molecule has 2 amide bonds. The number of aromatic amines is 2. The average molecular weight is 1880 g/mol. The van der Waals surface area contributed by atoms with Crippen LogP contribution in [0.15, 0.2) is 34.9 Å². The lowest BCUT2D eigenvalue weighted by molar-refractivity contribution is -0.325. The molecule has 0 spiro atoms. The van der Waals surface area contributed by atoms with E-state index in [0.29, 0.717) is 0 Å². The Bertz CT molecular complexity index is 5030. The maximum atomic E-state index is 16.4. The van der Waals surface area contributed by atoms with Crippen LogP contribution in [0.1, 0.15) is 94.1 Å². The summed E-state index contributed by atoms with van der Waals surface area (Å²) < 4.78 is 122. The molecule has 6 aliphatic rings. The first-order valence-corrected chi connectivity index (χ1v) is 52.6. The first-order chi connectivity index (χ1) is 55.1. The zero-order chi connectivity index (χ0) is 86.8. The summed E-state index contributed by atoms with van der Waals surface area (Å²) in [4.78, 5) is 146. The highest BCUT2D eigenvalue weighted by atomic mass is 32.5. The molecule has 20 atom stereocenters. The third-order valence-electron chi connectivity index (χ3n) is 20.2. The Morgan fingerprint density at radius 2 is 0.833 bits per heavy atom. The van der Waals surface area contributed by atoms with Crippen LogP contribution in [-0.2, 0) is 121 Å². The van der Waals surface area contributed by atoms with Crippen LogP contribution in [0.25, 0.3) is 44.7 Å². The van der Waals surface area contributed by atoms with Crippen molar-refractivity contribution < 1.29 is 113 Å². The standard InChI is InChI=1S/2C29H42FN11O11P2S2Si.2CH5N.2H3N/c2*1-12(2)24(42)36-28-35-23-17(25(43)37-28)34-11-40(23)27-20-19(52-57(6,7)29(3,4)5)14(49-27)9-47-53(44,55)50-18-13(8-46-54(45,56)51-20)48-26(15(18)30)41-22-16(38-39-41)21(31)32-10-33-22;2*1-2;;/h2*10-15,18-20,26-27H,8-9H2,1-7H3,(H,44,55)(H,45,56)(H2,31,32,33)(H2,35,36,37,42,43);2*2H2,1H3;2*1H3/t2*13-,14-,15+,18-,19-,20+,26-,27-,53?,54?;;;;/m11..../s1. The molecule has 14 heterocycles. The van der Waals surface area contributed by atoms with E-state index in [1.807, 2.05) is 67.7 Å². The summed E-state index contributed by atoms with van der Waals surface area (Å²) in [5, 5.41) is 20.0. The fraction of sp³-hybridized carbons (Fsp3) is 0.667. The van der Waals surface area contributed by atoms with Crippen LogP contribution >= 0.6 is 26.9 Å². The number of hydrogen-bond donors (Lipinski definition) is 10. The van der Waals surface area contributed by atoms with E-state index in [4.69, 9.17) is 123 Å². The molecule has 22 N–H and O–H groups in total. The number of amides is 2. The highest BCUT2D eigenvalue weighted by Crippen LogP contribution is 2.56. The minimum atomic E-state index is -4.62. The Morgan fingerprint density at radius 3 is 1.15 bits per heavy atom. The summed E-state index contributed by atoms with van der Waals surface area (Å²) in [6.07, 6.45) is -19.3. The summed E-state index contributed by atoms with van der Waals surface area (Å²) in [5.74, 6) is -2.12. The highest BCUT2D eigenvalue weighted by Gasteiger charge is 2.58. The monoisotopic (exact) mass is 1880 g/mol. The van der Waals surface area contributed by atoms with Crippen molar-refractivity contribution in [3.05, 3.63) is 46.0 Å². The maximum absolute atomic E-state index is 16.4. The Morgan fingerprint density at radius 1 is 0.525 bits per heavy atom. The Hall–Kier alpha value is -5.79. The van der Waals surface area contributed by atoms with E-state index in [1.165, 1.54) is 21.8 Å². The van der Waals surface area contributed by atoms with Crippen LogP contribution < -0.4 is 76.6 Å². The highest BCUT2D eigenvalue weighted by molar-refractivity contribution is 8.07. The summed E-state index contributed by atoms with van der Waals surface area (Å²) in [6, 6.07) is 0. The van der Waals surface area contributed by atoms with Crippen molar-refractivity contribution in [3.8, 4) is 0 Å². The Kier molecular flexibility index (Phi) is 30.9. The number of quaternary nitrogens is 4. The largest absolute Gasteiger partial charge is 0.780 e. The first-order valence-electron chi connectivity index (χ1n) is 36.5. The van der Waals surface area contributed by atoms with Crippen LogP contribution in [0.5, 0.6) is 0 Å². The molecule has 8 aromatic rings. The molecule has 8 aromatic heterocycles. The number of carbonyl (C=O) groups is 2. The summed E-state index contributed by atoms with van der Waals surface area (Å²) in [7, 11) is -2.04. The molecule has 120 heavy (non-hydrogen) atoms. The van der Waals surface area contributed by atoms with E-state index in [0.717, 1.165) is 22.0 Å². The minimum Gasteiger partial charge on any atom is -0.780 e. The molecular formula is C60H100F2N26O22P4S4Si2. The lowest BCUT2D eigenvalue weighted by Crippen LogP contribution is -2.50. The molecule has 0 aromatic carbocycles. The van der Waals surface area contributed by atoms with Crippen LogP contribution in [0.3, 0.4) is 0 Å². The van der Waals surface area contributed by atoms with Crippen LogP contribution in [0, 0.1) is 11.8 Å². The summed E-state index contributed by atoms with van der Waals surface area (Å²) >= 11 is 21.4. The fourth-order valence-electron chi connectivity index (χ4n) is 12.1. The predicted molar refractivity (Wildman–Crippen MR) is 438 cm³/mol. The summed E-state index contributed by atoms with van der Waals surface area (Å²) in [6.45, 7) is 5.28. The Labute approximate surface area is 705 Å². The van der Waals surface area contributed by atoms with Crippen molar-refractivity contribution in [2.24, 2.45) is 11.8 Å². The predicted octanol–water partition coefficient (Wildman–Crippen LogP) is 0.551. The topological polar surface area (TPSA) is 700 Å². The van der Waals surface area contributed by atoms with E-state index in [-0.39, 0.29) is 90.6 Å². The van der Waals surface area contributed by atoms with Crippen molar-refractivity contribution >= 4 is 171 Å². The number of carbonyl (C=O) groups excluding carboxylic acids is 2. The van der Waals surface area contributed by atoms with Gasteiger partial charge in [-0.3, -0.25) is 48.9 Å². The number of rotatable bonds is 12. The van der Waals surface area contributed by atoms with Crippen molar-refractivity contribution in [2.75, 3.05) is 62.6 Å². The van der Waals surface area contributed by atoms with Gasteiger partial charge >= 0.3 is 0 Å². The van der Waals surface area contributed by atoms with Gasteiger partial charge < -0.3 is 119 Å². The molecule has 0 radical (unpaired) electrons. The molecule has 6 fully saturated rings. The van der Waals surface area contributed by atoms with Gasteiger partial charge in [-0.15, -0.1) is 10.2 Å². The number of nitrogens with one attached hydrogen (secondary N) is 4. The van der Waals surface area contributed by atoms with E-state index in [2.05, 4.69) is 92.6 Å². The quantitative estimate of drug-likeness (QED) is 0.0590. The number of H-pyrrole nitrogens is 2. The number of halogens is 2. The van der Waals surface area contributed by atoms with Gasteiger partial charge in [-0.25, -0.2) is 38.7 Å². The number of hydrogen-bond acceptors (Lipinski definition) is 40. The van der Waals surface area contributed by atoms with Gasteiger partial charge in [-0.1, -0.05) is 127 Å². The molecule has 0 saturated carbocycles. The number of alkyl halides is 2. The zero-order valence-electron chi connectivity index (χ0n) is 68.4. The van der Waals surface area contributed by atoms with E-state index in [9.17, 15) is 38.8 Å². The second-order valence-corrected chi connectivity index (χ2v) is 51.1. The van der Waals surface area contributed by atoms with Crippen LogP contribution in [-0.4, -0.2) is 231 Å². The lowest BCUT2D eigenvalue weighted by atomic mass is 10.1. The first kappa shape index (κ1) is 98.0. The molecule has 48 nitrogen and oxygen atoms in total. The molecule has 668 valence electrons. The molecular weight excluding hydrogens is 1780 g/mol. The van der Waals surface area contributed by atoms with Crippen molar-refractivity contribution in [2.45, 2.75) is 204 Å². The Balaban J connectivity index is 0.000000258. The third kappa shape index (κ3) is 20.8. The van der Waals surface area contributed by atoms with Gasteiger partial charge in [0.1, 0.15) is 101 Å². The number of nitrogens with zero attached hydrogens (tertiary/aromatic N) is 16. The van der Waals surface area contributed by atoms with E-state index in [1.54, 1.807) is 41.8 Å². The second-order valence-electron chi connectivity index (χ2n) is 30.8. The maximum Gasteiger partial charge on any atom is 0.280 e. The van der Waals surface area contributed by atoms with Gasteiger partial charge in [-0.2, -0.15) is 19.3 Å². The lowest BCUT2D eigenvalue weighted by Gasteiger charge is -2.42. The smallest absolute Gasteiger partial charge is 0.280 e. The molecule has 4 bridgehead atoms. The van der Waals surface area contributed by atoms with Crippen LogP contribution in [0.2, 0.25) is 36.3 Å². The number of fused-ring (bicyclic) bond motifs is 10. The van der Waals surface area contributed by atoms with Crippen molar-refractivity contribution in [3.63, 3.8) is 0 Å². The molecule has 6 saturated heterocycles. The van der Waals surface area contributed by atoms with E-state index < -0.39 is 203 Å². The van der Waals surface area contributed by atoms with Crippen LogP contribution in [0.4, 0.5) is 32.3 Å². The van der Waals surface area contributed by atoms with Gasteiger partial charge in [0.05, 0.1) is 53.2 Å². The number of ether oxygens (including phenoxy) is 4. The third-order valence-corrected chi connectivity index (χ3v) is 35.3. The molecule has 0 aliphatic carbocycles. The molecule has 4 unspecified atom stereocenters. The SMILES string of the molecule is CC(C)C(=O)Nc1nc2c(ncn2[C@@H]2O[C@@H]3COP([O-])(=S)O[C@H]4[C@H](F)[C@H](n5nnc6c(N)ncnc65)O[C@@H]4COP([O-])(=S)O[C@H]2[C@@H]3O[Si](C)(C)C(C)(C)C)c(=O)[nH]1.CC(C)C(=O)Nc1nc2c(ncn2[C@@H]2O[C@@H]3COP([O-])(=S)O[C@H]4[C@H](F)[C@H](n5nnc6c(N)ncnc65)O[C@@H]4COP([O-])(=S)O[C@H]2[C@@H]3O[Si](C)(C)C(C)(C)C)c(=O)[nH]1.C[NH3+].C[NH3+].[NH4+].[NH4+]. The molecule has 60 heteroatoms. The van der Waals surface area contributed by atoms with Gasteiger partial charge in [0.25, 0.3) is 11.1 Å². The minimum absolute atomic E-state index is 0. The van der Waals surface area contributed by atoms with Gasteiger partial charge in [0.2, 0.25) is 23.7 Å². The van der Waals surface area contributed by atoms with Gasteiger partial charge in [0.15, 0.2) is 110 Å². The molecule has 14 rings (SSSR count).